The molecule has 6 heteroatoms. The summed E-state index contributed by atoms with van der Waals surface area (Å²) in [5.74, 6) is -2.05. The smallest absolute Gasteiger partial charge is 0.311 e. The zero-order valence-electron chi connectivity index (χ0n) is 9.89. The first kappa shape index (κ1) is 14.8. The van der Waals surface area contributed by atoms with Crippen LogP contribution in [0.4, 0.5) is 13.2 Å². The molecule has 0 saturated carbocycles. The number of nitriles is 1. The zero-order valence-corrected chi connectivity index (χ0v) is 9.89. The largest absolute Gasteiger partial charge is 0.471 e. The van der Waals surface area contributed by atoms with Crippen LogP contribution in [0.15, 0.2) is 43.0 Å². The summed E-state index contributed by atoms with van der Waals surface area (Å²) in [6, 6.07) is 8.25. The maximum Gasteiger partial charge on any atom is 0.471 e. The Morgan fingerprint density at radius 3 is 2.42 bits per heavy atom. The van der Waals surface area contributed by atoms with Gasteiger partial charge < -0.3 is 4.90 Å². The van der Waals surface area contributed by atoms with Crippen molar-refractivity contribution >= 4 is 5.91 Å². The zero-order chi connectivity index (χ0) is 14.5. The molecule has 0 spiro atoms. The van der Waals surface area contributed by atoms with Gasteiger partial charge in [0.2, 0.25) is 0 Å². The third-order valence-electron chi connectivity index (χ3n) is 2.38. The van der Waals surface area contributed by atoms with Crippen molar-refractivity contribution in [2.24, 2.45) is 0 Å². The Kier molecular flexibility index (Phi) is 4.70. The van der Waals surface area contributed by atoms with Gasteiger partial charge in [0.05, 0.1) is 6.07 Å². The Morgan fingerprint density at radius 1 is 1.42 bits per heavy atom. The summed E-state index contributed by atoms with van der Waals surface area (Å²) in [6.45, 7) is 2.95. The molecule has 0 bridgehead atoms. The van der Waals surface area contributed by atoms with E-state index < -0.39 is 18.1 Å². The fourth-order valence-electron chi connectivity index (χ4n) is 1.57. The monoisotopic (exact) mass is 268 g/mol. The highest BCUT2D eigenvalue weighted by atomic mass is 19.4. The molecule has 0 radical (unpaired) electrons. The van der Waals surface area contributed by atoms with E-state index in [-0.39, 0.29) is 6.54 Å². The van der Waals surface area contributed by atoms with Crippen LogP contribution in [0.25, 0.3) is 0 Å². The number of carbonyl (C=O) groups is 1. The highest BCUT2D eigenvalue weighted by molar-refractivity contribution is 5.82. The second kappa shape index (κ2) is 6.05. The summed E-state index contributed by atoms with van der Waals surface area (Å²) in [5.41, 5.74) is 0.324. The highest BCUT2D eigenvalue weighted by Crippen LogP contribution is 2.26. The lowest BCUT2D eigenvalue weighted by molar-refractivity contribution is -0.186. The van der Waals surface area contributed by atoms with E-state index in [9.17, 15) is 18.0 Å². The van der Waals surface area contributed by atoms with Gasteiger partial charge in [0.1, 0.15) is 6.04 Å². The van der Waals surface area contributed by atoms with Crippen molar-refractivity contribution < 1.29 is 18.0 Å². The van der Waals surface area contributed by atoms with Crippen molar-refractivity contribution in [3.8, 4) is 6.07 Å². The van der Waals surface area contributed by atoms with Gasteiger partial charge in [-0.25, -0.2) is 0 Å². The molecule has 3 nitrogen and oxygen atoms in total. The van der Waals surface area contributed by atoms with Gasteiger partial charge in [0.15, 0.2) is 0 Å². The predicted molar refractivity (Wildman–Crippen MR) is 62.8 cm³/mol. The van der Waals surface area contributed by atoms with Crippen LogP contribution in [0.3, 0.4) is 0 Å². The molecule has 19 heavy (non-hydrogen) atoms. The van der Waals surface area contributed by atoms with Crippen LogP contribution in [-0.2, 0) is 4.79 Å². The molecule has 0 unspecified atom stereocenters. The van der Waals surface area contributed by atoms with E-state index in [2.05, 4.69) is 6.58 Å². The first-order chi connectivity index (χ1) is 8.91. The number of hydrogen-bond acceptors (Lipinski definition) is 2. The lowest BCUT2D eigenvalue weighted by atomic mass is 10.1. The maximum absolute atomic E-state index is 12.5. The van der Waals surface area contributed by atoms with Crippen molar-refractivity contribution in [2.75, 3.05) is 6.54 Å². The van der Waals surface area contributed by atoms with Crippen molar-refractivity contribution in [3.05, 3.63) is 48.6 Å². The fourth-order valence-corrected chi connectivity index (χ4v) is 1.57. The van der Waals surface area contributed by atoms with Crippen molar-refractivity contribution in [1.82, 2.24) is 4.90 Å². The van der Waals surface area contributed by atoms with Crippen LogP contribution in [0.1, 0.15) is 11.6 Å². The number of amides is 1. The number of benzene rings is 1. The number of nitrogens with zero attached hydrogens (tertiary/aromatic N) is 2. The van der Waals surface area contributed by atoms with Gasteiger partial charge in [0.25, 0.3) is 0 Å². The summed E-state index contributed by atoms with van der Waals surface area (Å²) in [5, 5.41) is 9.05. The summed E-state index contributed by atoms with van der Waals surface area (Å²) in [7, 11) is 0. The molecule has 1 rings (SSSR count). The Hall–Kier alpha value is -2.29. The predicted octanol–water partition coefficient (Wildman–Crippen LogP) is 2.83. The van der Waals surface area contributed by atoms with Crippen LogP contribution in [-0.4, -0.2) is 23.5 Å². The van der Waals surface area contributed by atoms with Gasteiger partial charge in [-0.1, -0.05) is 36.4 Å². The van der Waals surface area contributed by atoms with E-state index in [4.69, 9.17) is 5.26 Å². The second-order valence-corrected chi connectivity index (χ2v) is 3.69. The average Bonchev–Trinajstić information content (AvgIpc) is 2.38. The van der Waals surface area contributed by atoms with E-state index >= 15 is 0 Å². The van der Waals surface area contributed by atoms with Crippen LogP contribution >= 0.6 is 0 Å². The van der Waals surface area contributed by atoms with Crippen LogP contribution in [0.5, 0.6) is 0 Å². The van der Waals surface area contributed by atoms with Gasteiger partial charge in [0, 0.05) is 6.54 Å². The maximum atomic E-state index is 12.5. The minimum absolute atomic E-state index is 0.324. The molecule has 1 amide bonds. The lowest BCUT2D eigenvalue weighted by Crippen LogP contribution is -2.43. The van der Waals surface area contributed by atoms with Gasteiger partial charge in [-0.05, 0) is 5.56 Å². The molecule has 1 atom stereocenters. The number of hydrogen-bond donors (Lipinski definition) is 0. The summed E-state index contributed by atoms with van der Waals surface area (Å²) < 4.78 is 37.5. The van der Waals surface area contributed by atoms with Crippen molar-refractivity contribution in [2.45, 2.75) is 12.2 Å². The quantitative estimate of drug-likeness (QED) is 0.788. The molecule has 0 aliphatic carbocycles. The molecule has 0 heterocycles. The van der Waals surface area contributed by atoms with E-state index in [1.165, 1.54) is 12.1 Å². The van der Waals surface area contributed by atoms with Crippen molar-refractivity contribution in [3.63, 3.8) is 0 Å². The van der Waals surface area contributed by atoms with Gasteiger partial charge in [-0.15, -0.1) is 6.58 Å². The molecule has 1 aromatic carbocycles. The first-order valence-electron chi connectivity index (χ1n) is 5.35. The molecular formula is C13H11F3N2O. The van der Waals surface area contributed by atoms with E-state index in [0.29, 0.717) is 10.5 Å². The Labute approximate surface area is 108 Å². The number of halogens is 3. The van der Waals surface area contributed by atoms with Crippen LogP contribution in [0, 0.1) is 11.3 Å². The number of alkyl halides is 3. The fraction of sp³-hybridized carbons (Fsp3) is 0.231. The van der Waals surface area contributed by atoms with Gasteiger partial charge in [-0.2, -0.15) is 18.4 Å². The third-order valence-corrected chi connectivity index (χ3v) is 2.38. The number of carbonyl (C=O) groups excluding carboxylic acids is 1. The lowest BCUT2D eigenvalue weighted by Gasteiger charge is -2.27. The Balaban J connectivity index is 3.14. The Bertz CT molecular complexity index is 491. The molecular weight excluding hydrogens is 257 g/mol. The third kappa shape index (κ3) is 3.58. The van der Waals surface area contributed by atoms with E-state index in [1.54, 1.807) is 24.3 Å². The summed E-state index contributed by atoms with van der Waals surface area (Å²) in [4.78, 5) is 11.8. The summed E-state index contributed by atoms with van der Waals surface area (Å²) in [6.07, 6.45) is -3.87. The summed E-state index contributed by atoms with van der Waals surface area (Å²) >= 11 is 0. The molecule has 0 aliphatic heterocycles. The molecule has 0 saturated heterocycles. The SMILES string of the molecule is C=CCN(C(=O)C(F)(F)F)[C@H](C#N)c1ccccc1. The van der Waals surface area contributed by atoms with Gasteiger partial charge >= 0.3 is 12.1 Å². The van der Waals surface area contributed by atoms with Crippen LogP contribution < -0.4 is 0 Å². The number of rotatable bonds is 4. The minimum atomic E-state index is -5.02. The topological polar surface area (TPSA) is 44.1 Å². The van der Waals surface area contributed by atoms with Gasteiger partial charge in [-0.3, -0.25) is 4.79 Å². The van der Waals surface area contributed by atoms with Crippen LogP contribution in [0.2, 0.25) is 0 Å². The molecule has 100 valence electrons. The standard InChI is InChI=1S/C13H11F3N2O/c1-2-8-18(12(19)13(14,15)16)11(9-17)10-6-4-3-5-7-10/h2-7,11H,1,8H2/t11-/m1/s1. The molecule has 1 aromatic rings. The second-order valence-electron chi connectivity index (χ2n) is 3.69. The molecule has 0 fully saturated rings. The van der Waals surface area contributed by atoms with E-state index in [0.717, 1.165) is 6.08 Å². The average molecular weight is 268 g/mol. The minimum Gasteiger partial charge on any atom is -0.311 e. The molecule has 0 aromatic heterocycles. The Morgan fingerprint density at radius 2 is 2.00 bits per heavy atom. The molecule has 0 aliphatic rings. The van der Waals surface area contributed by atoms with Crippen molar-refractivity contribution in [1.29, 1.82) is 5.26 Å². The van der Waals surface area contributed by atoms with E-state index in [1.807, 2.05) is 0 Å². The first-order valence-corrected chi connectivity index (χ1v) is 5.35. The molecule has 0 N–H and O–H groups in total. The highest BCUT2D eigenvalue weighted by Gasteiger charge is 2.44. The normalized spacial score (nSPS) is 12.3.